The Hall–Kier alpha value is -2.42. The van der Waals surface area contributed by atoms with Gasteiger partial charge in [0.2, 0.25) is 0 Å². The van der Waals surface area contributed by atoms with Crippen molar-refractivity contribution in [1.82, 2.24) is 0 Å². The van der Waals surface area contributed by atoms with E-state index in [2.05, 4.69) is 17.1 Å². The first-order valence-corrected chi connectivity index (χ1v) is 10.0. The molecule has 2 aromatic rings. The lowest BCUT2D eigenvalue weighted by molar-refractivity contribution is 0.0949. The molecular formula is C24H30N2O. The highest BCUT2D eigenvalue weighted by Gasteiger charge is 2.19. The Bertz CT molecular complexity index is 805. The zero-order chi connectivity index (χ0) is 19.2. The smallest absolute Gasteiger partial charge is 0.163 e. The van der Waals surface area contributed by atoms with Gasteiger partial charge in [-0.15, -0.1) is 0 Å². The van der Waals surface area contributed by atoms with Crippen LogP contribution in [0, 0.1) is 19.8 Å². The van der Waals surface area contributed by atoms with Crippen molar-refractivity contribution in [3.8, 4) is 0 Å². The average Bonchev–Trinajstić information content (AvgIpc) is 2.69. The molecule has 0 heterocycles. The summed E-state index contributed by atoms with van der Waals surface area (Å²) in [5.74, 6) is 0.864. The maximum atomic E-state index is 12.8. The number of Topliss-reactive ketones (excluding diaryl/α,β-unsaturated/α-hetero) is 1. The molecule has 3 nitrogen and oxygen atoms in total. The van der Waals surface area contributed by atoms with Gasteiger partial charge in [0.15, 0.2) is 5.78 Å². The summed E-state index contributed by atoms with van der Waals surface area (Å²) >= 11 is 0. The number of carbonyl (C=O) groups excluding carboxylic acids is 1. The van der Waals surface area contributed by atoms with E-state index in [-0.39, 0.29) is 0 Å². The first-order valence-electron chi connectivity index (χ1n) is 10.0. The number of ketones is 1. The second-order valence-electron chi connectivity index (χ2n) is 7.78. The molecule has 0 amide bonds. The highest BCUT2D eigenvalue weighted by Crippen LogP contribution is 2.30. The fourth-order valence-electron chi connectivity index (χ4n) is 3.88. The van der Waals surface area contributed by atoms with Crippen LogP contribution in [0.5, 0.6) is 0 Å². The zero-order valence-corrected chi connectivity index (χ0v) is 16.7. The van der Waals surface area contributed by atoms with Crippen molar-refractivity contribution in [2.24, 2.45) is 10.9 Å². The van der Waals surface area contributed by atoms with Crippen molar-refractivity contribution in [3.63, 3.8) is 0 Å². The molecule has 0 atom stereocenters. The van der Waals surface area contributed by atoms with Crippen molar-refractivity contribution in [2.75, 3.05) is 11.9 Å². The van der Waals surface area contributed by atoms with Crippen LogP contribution in [0.2, 0.25) is 0 Å². The Balaban J connectivity index is 1.72. The first kappa shape index (κ1) is 19.3. The molecule has 0 bridgehead atoms. The minimum atomic E-state index is 0.291. The van der Waals surface area contributed by atoms with Gasteiger partial charge in [0.1, 0.15) is 0 Å². The van der Waals surface area contributed by atoms with Crippen LogP contribution < -0.4 is 4.90 Å². The number of benzene rings is 2. The van der Waals surface area contributed by atoms with Crippen molar-refractivity contribution in [1.29, 1.82) is 0 Å². The van der Waals surface area contributed by atoms with Gasteiger partial charge in [-0.3, -0.25) is 4.79 Å². The highest BCUT2D eigenvalue weighted by molar-refractivity contribution is 5.98. The summed E-state index contributed by atoms with van der Waals surface area (Å²) in [5.41, 5.74) is 4.95. The molecule has 0 saturated heterocycles. The summed E-state index contributed by atoms with van der Waals surface area (Å²) in [4.78, 5) is 19.4. The van der Waals surface area contributed by atoms with Gasteiger partial charge < -0.3 is 4.90 Å². The minimum absolute atomic E-state index is 0.291. The molecule has 0 spiro atoms. The molecule has 1 saturated carbocycles. The van der Waals surface area contributed by atoms with Crippen molar-refractivity contribution >= 4 is 23.5 Å². The second kappa shape index (κ2) is 8.98. The Labute approximate surface area is 163 Å². The number of aliphatic imine (C=N–C) groups is 1. The Morgan fingerprint density at radius 3 is 2.48 bits per heavy atom. The maximum Gasteiger partial charge on any atom is 0.163 e. The first-order chi connectivity index (χ1) is 13.0. The van der Waals surface area contributed by atoms with Crippen LogP contribution in [0.1, 0.15) is 60.0 Å². The van der Waals surface area contributed by atoms with Crippen molar-refractivity contribution in [2.45, 2.75) is 52.4 Å². The molecular weight excluding hydrogens is 332 g/mol. The van der Waals surface area contributed by atoms with Crippen LogP contribution >= 0.6 is 0 Å². The van der Waals surface area contributed by atoms with E-state index in [9.17, 15) is 4.79 Å². The third-order valence-electron chi connectivity index (χ3n) is 5.58. The molecule has 0 unspecified atom stereocenters. The summed E-state index contributed by atoms with van der Waals surface area (Å²) in [7, 11) is 1.99. The van der Waals surface area contributed by atoms with E-state index in [0.717, 1.165) is 28.1 Å². The number of rotatable bonds is 6. The summed E-state index contributed by atoms with van der Waals surface area (Å²) in [5, 5.41) is 0. The van der Waals surface area contributed by atoms with Crippen LogP contribution in [-0.2, 0) is 0 Å². The van der Waals surface area contributed by atoms with Crippen LogP contribution in [0.25, 0.3) is 0 Å². The fourth-order valence-corrected chi connectivity index (χ4v) is 3.88. The van der Waals surface area contributed by atoms with Gasteiger partial charge in [-0.05, 0) is 55.2 Å². The standard InChI is InChI=1S/C24H30N2O/c1-18-15-23(25-17-26(3)21-12-8-5-9-13-21)19(2)14-22(18)24(27)16-20-10-6-4-7-11-20/h5,8-9,12-15,17,20H,4,6-7,10-11,16H2,1-3H3. The normalized spacial score (nSPS) is 15.2. The number of anilines is 1. The maximum absolute atomic E-state index is 12.8. The topological polar surface area (TPSA) is 32.7 Å². The van der Waals surface area contributed by atoms with Gasteiger partial charge in [-0.2, -0.15) is 0 Å². The van der Waals surface area contributed by atoms with E-state index in [0.29, 0.717) is 18.1 Å². The van der Waals surface area contributed by atoms with E-state index in [4.69, 9.17) is 0 Å². The second-order valence-corrected chi connectivity index (χ2v) is 7.78. The minimum Gasteiger partial charge on any atom is -0.336 e. The third kappa shape index (κ3) is 5.06. The number of aryl methyl sites for hydroxylation is 2. The Morgan fingerprint density at radius 2 is 1.78 bits per heavy atom. The van der Waals surface area contributed by atoms with Crippen LogP contribution in [0.3, 0.4) is 0 Å². The predicted octanol–water partition coefficient (Wildman–Crippen LogP) is 6.25. The summed E-state index contributed by atoms with van der Waals surface area (Å²) < 4.78 is 0. The number of para-hydroxylation sites is 1. The lowest BCUT2D eigenvalue weighted by Crippen LogP contribution is -2.14. The van der Waals surface area contributed by atoms with Crippen molar-refractivity contribution in [3.05, 3.63) is 59.2 Å². The van der Waals surface area contributed by atoms with E-state index < -0.39 is 0 Å². The molecule has 1 fully saturated rings. The summed E-state index contributed by atoms with van der Waals surface area (Å²) in [6.07, 6.45) is 8.82. The Kier molecular flexibility index (Phi) is 6.44. The van der Waals surface area contributed by atoms with Gasteiger partial charge in [-0.1, -0.05) is 50.3 Å². The lowest BCUT2D eigenvalue weighted by atomic mass is 9.84. The molecule has 142 valence electrons. The van der Waals surface area contributed by atoms with Crippen molar-refractivity contribution < 1.29 is 4.79 Å². The highest BCUT2D eigenvalue weighted by atomic mass is 16.1. The number of carbonyl (C=O) groups is 1. The molecule has 1 aliphatic carbocycles. The fraction of sp³-hybridized carbons (Fsp3) is 0.417. The van der Waals surface area contributed by atoms with Gasteiger partial charge in [-0.25, -0.2) is 4.99 Å². The predicted molar refractivity (Wildman–Crippen MR) is 114 cm³/mol. The van der Waals surface area contributed by atoms with E-state index in [1.807, 2.05) is 62.5 Å². The number of hydrogen-bond donors (Lipinski definition) is 0. The summed E-state index contributed by atoms with van der Waals surface area (Å²) in [6, 6.07) is 14.2. The average molecular weight is 363 g/mol. The van der Waals surface area contributed by atoms with Gasteiger partial charge in [0.05, 0.1) is 12.0 Å². The van der Waals surface area contributed by atoms with Crippen LogP contribution in [0.15, 0.2) is 47.5 Å². The number of nitrogens with zero attached hydrogens (tertiary/aromatic N) is 2. The molecule has 27 heavy (non-hydrogen) atoms. The monoisotopic (exact) mass is 362 g/mol. The molecule has 0 radical (unpaired) electrons. The quantitative estimate of drug-likeness (QED) is 0.345. The molecule has 3 rings (SSSR count). The van der Waals surface area contributed by atoms with Crippen LogP contribution in [-0.4, -0.2) is 19.2 Å². The van der Waals surface area contributed by atoms with Gasteiger partial charge in [0, 0.05) is 24.7 Å². The summed E-state index contributed by atoms with van der Waals surface area (Å²) in [6.45, 7) is 4.06. The van der Waals surface area contributed by atoms with Gasteiger partial charge >= 0.3 is 0 Å². The molecule has 1 aliphatic rings. The molecule has 0 N–H and O–H groups in total. The molecule has 3 heteroatoms. The molecule has 2 aromatic carbocycles. The molecule has 0 aliphatic heterocycles. The van der Waals surface area contributed by atoms with Crippen LogP contribution in [0.4, 0.5) is 11.4 Å². The lowest BCUT2D eigenvalue weighted by Gasteiger charge is -2.21. The third-order valence-corrected chi connectivity index (χ3v) is 5.58. The molecule has 0 aromatic heterocycles. The number of hydrogen-bond acceptors (Lipinski definition) is 2. The Morgan fingerprint density at radius 1 is 1.07 bits per heavy atom. The van der Waals surface area contributed by atoms with Gasteiger partial charge in [0.25, 0.3) is 0 Å². The van der Waals surface area contributed by atoms with E-state index in [1.54, 1.807) is 0 Å². The zero-order valence-electron chi connectivity index (χ0n) is 16.7. The largest absolute Gasteiger partial charge is 0.336 e. The van der Waals surface area contributed by atoms with E-state index in [1.165, 1.54) is 32.1 Å². The van der Waals surface area contributed by atoms with E-state index >= 15 is 0 Å². The SMILES string of the molecule is Cc1cc(C(=O)CC2CCCCC2)c(C)cc1N=CN(C)c1ccccc1.